The number of benzene rings is 3. The predicted octanol–water partition coefficient (Wildman–Crippen LogP) is 6.97. The second-order valence-electron chi connectivity index (χ2n) is 10.0. The van der Waals surface area contributed by atoms with Crippen LogP contribution in [0.3, 0.4) is 0 Å². The van der Waals surface area contributed by atoms with E-state index in [4.69, 9.17) is 35.5 Å². The van der Waals surface area contributed by atoms with Gasteiger partial charge in [0.1, 0.15) is 5.82 Å². The van der Waals surface area contributed by atoms with Crippen molar-refractivity contribution in [3.8, 4) is 34.4 Å². The van der Waals surface area contributed by atoms with E-state index in [0.717, 1.165) is 70.6 Å². The van der Waals surface area contributed by atoms with Crippen molar-refractivity contribution < 1.29 is 18.9 Å². The molecule has 8 heteroatoms. The molecule has 4 aromatic rings. The molecule has 0 amide bonds. The van der Waals surface area contributed by atoms with Crippen LogP contribution in [0.5, 0.6) is 23.0 Å². The van der Waals surface area contributed by atoms with Gasteiger partial charge >= 0.3 is 0 Å². The zero-order valence-corrected chi connectivity index (χ0v) is 23.0. The van der Waals surface area contributed by atoms with Crippen LogP contribution in [0.25, 0.3) is 11.4 Å². The summed E-state index contributed by atoms with van der Waals surface area (Å²) < 4.78 is 24.7. The second kappa shape index (κ2) is 11.2. The third-order valence-corrected chi connectivity index (χ3v) is 7.51. The fourth-order valence-corrected chi connectivity index (χ4v) is 5.41. The molecular formula is C31H32ClN3O4. The Balaban J connectivity index is 1.35. The van der Waals surface area contributed by atoms with E-state index in [-0.39, 0.29) is 13.6 Å². The van der Waals surface area contributed by atoms with Gasteiger partial charge in [0.15, 0.2) is 28.2 Å². The highest BCUT2D eigenvalue weighted by Crippen LogP contribution is 2.36. The number of nitrogens with zero attached hydrogens (tertiary/aromatic N) is 3. The molecule has 0 saturated heterocycles. The van der Waals surface area contributed by atoms with Crippen LogP contribution < -0.4 is 18.9 Å². The average molecular weight is 546 g/mol. The van der Waals surface area contributed by atoms with Crippen LogP contribution in [-0.4, -0.2) is 28.0 Å². The monoisotopic (exact) mass is 545 g/mol. The number of rotatable bonds is 10. The summed E-state index contributed by atoms with van der Waals surface area (Å²) in [5, 5.41) is 0.547. The summed E-state index contributed by atoms with van der Waals surface area (Å²) >= 11 is 6.90. The maximum absolute atomic E-state index is 6.90. The molecule has 0 saturated carbocycles. The smallest absolute Gasteiger partial charge is 0.231 e. The van der Waals surface area contributed by atoms with E-state index in [1.807, 2.05) is 12.1 Å². The molecule has 3 heterocycles. The van der Waals surface area contributed by atoms with Crippen molar-refractivity contribution in [1.29, 1.82) is 0 Å². The van der Waals surface area contributed by atoms with Gasteiger partial charge < -0.3 is 23.5 Å². The van der Waals surface area contributed by atoms with Crippen LogP contribution in [0, 0.1) is 6.92 Å². The molecule has 202 valence electrons. The van der Waals surface area contributed by atoms with Crippen LogP contribution in [-0.2, 0) is 26.2 Å². The van der Waals surface area contributed by atoms with Crippen molar-refractivity contribution in [3.05, 3.63) is 88.2 Å². The van der Waals surface area contributed by atoms with E-state index in [1.54, 1.807) is 0 Å². The number of aryl methyl sites for hydroxylation is 1. The summed E-state index contributed by atoms with van der Waals surface area (Å²) in [6, 6.07) is 20.6. The normalized spacial score (nSPS) is 13.4. The minimum absolute atomic E-state index is 0.258. The molecule has 0 atom stereocenters. The Morgan fingerprint density at radius 1 is 0.821 bits per heavy atom. The van der Waals surface area contributed by atoms with Crippen molar-refractivity contribution in [3.63, 3.8) is 0 Å². The van der Waals surface area contributed by atoms with Crippen LogP contribution in [0.2, 0.25) is 5.15 Å². The highest BCUT2D eigenvalue weighted by atomic mass is 35.5. The van der Waals surface area contributed by atoms with E-state index in [1.165, 1.54) is 5.56 Å². The molecular weight excluding hydrogens is 514 g/mol. The van der Waals surface area contributed by atoms with E-state index >= 15 is 0 Å². The van der Waals surface area contributed by atoms with Crippen molar-refractivity contribution in [2.24, 2.45) is 0 Å². The van der Waals surface area contributed by atoms with E-state index in [9.17, 15) is 0 Å². The van der Waals surface area contributed by atoms with Gasteiger partial charge in [0, 0.05) is 31.7 Å². The van der Waals surface area contributed by atoms with Gasteiger partial charge in [-0.05, 0) is 54.3 Å². The number of fused-ring (bicyclic) bond motifs is 2. The number of aromatic nitrogens is 2. The first-order valence-corrected chi connectivity index (χ1v) is 13.8. The minimum atomic E-state index is 0.258. The van der Waals surface area contributed by atoms with Gasteiger partial charge in [-0.1, -0.05) is 61.3 Å². The molecule has 0 unspecified atom stereocenters. The summed E-state index contributed by atoms with van der Waals surface area (Å²) in [6.07, 6.45) is 2.13. The summed E-state index contributed by atoms with van der Waals surface area (Å²) in [4.78, 5) is 7.26. The summed E-state index contributed by atoms with van der Waals surface area (Å²) in [7, 11) is 0. The zero-order valence-electron chi connectivity index (χ0n) is 22.3. The van der Waals surface area contributed by atoms with Gasteiger partial charge in [-0.15, -0.1) is 0 Å². The largest absolute Gasteiger partial charge is 0.454 e. The molecule has 0 radical (unpaired) electrons. The van der Waals surface area contributed by atoms with Crippen LogP contribution >= 0.6 is 11.6 Å². The molecule has 2 aliphatic rings. The van der Waals surface area contributed by atoms with Gasteiger partial charge in [0.25, 0.3) is 0 Å². The summed E-state index contributed by atoms with van der Waals surface area (Å²) in [5.74, 6) is 4.05. The van der Waals surface area contributed by atoms with E-state index in [0.29, 0.717) is 24.8 Å². The van der Waals surface area contributed by atoms with Gasteiger partial charge in [-0.25, -0.2) is 4.98 Å². The molecule has 1 aromatic heterocycles. The number of imidazole rings is 1. The SMILES string of the molecule is CCCCn1c(-c2ccccc2C)nc(Cl)c1CN(Cc1ccc2c(c1)OCO2)Cc1ccc2c(c1)OCO2. The summed E-state index contributed by atoms with van der Waals surface area (Å²) in [5.41, 5.74) is 5.58. The Hall–Kier alpha value is -3.68. The van der Waals surface area contributed by atoms with E-state index < -0.39 is 0 Å². The quantitative estimate of drug-likeness (QED) is 0.214. The third-order valence-electron chi connectivity index (χ3n) is 7.20. The molecule has 0 N–H and O–H groups in total. The topological polar surface area (TPSA) is 58.0 Å². The molecule has 7 nitrogen and oxygen atoms in total. The number of unbranched alkanes of at least 4 members (excludes halogenated alkanes) is 1. The average Bonchev–Trinajstić information content (AvgIpc) is 3.67. The third kappa shape index (κ3) is 5.42. The maximum Gasteiger partial charge on any atom is 0.231 e. The van der Waals surface area contributed by atoms with Crippen molar-refractivity contribution in [1.82, 2.24) is 14.5 Å². The molecule has 3 aromatic carbocycles. The lowest BCUT2D eigenvalue weighted by Gasteiger charge is -2.24. The number of hydrogen-bond donors (Lipinski definition) is 0. The predicted molar refractivity (Wildman–Crippen MR) is 150 cm³/mol. The van der Waals surface area contributed by atoms with Crippen molar-refractivity contribution in [2.45, 2.75) is 52.9 Å². The Kier molecular flexibility index (Phi) is 7.35. The van der Waals surface area contributed by atoms with Crippen molar-refractivity contribution >= 4 is 11.6 Å². The highest BCUT2D eigenvalue weighted by molar-refractivity contribution is 6.30. The first-order chi connectivity index (χ1) is 19.1. The number of ether oxygens (including phenoxy) is 4. The maximum atomic E-state index is 6.90. The highest BCUT2D eigenvalue weighted by Gasteiger charge is 2.23. The first-order valence-electron chi connectivity index (χ1n) is 13.4. The number of halogens is 1. The molecule has 0 aliphatic carbocycles. The van der Waals surface area contributed by atoms with Gasteiger partial charge in [0.2, 0.25) is 13.6 Å². The van der Waals surface area contributed by atoms with Gasteiger partial charge in [-0.3, -0.25) is 4.90 Å². The van der Waals surface area contributed by atoms with Crippen LogP contribution in [0.1, 0.15) is 42.1 Å². The zero-order chi connectivity index (χ0) is 26.8. The fraction of sp³-hybridized carbons (Fsp3) is 0.323. The van der Waals surface area contributed by atoms with Gasteiger partial charge in [-0.2, -0.15) is 0 Å². The molecule has 6 rings (SSSR count). The lowest BCUT2D eigenvalue weighted by molar-refractivity contribution is 0.173. The molecule has 39 heavy (non-hydrogen) atoms. The standard InChI is InChI=1S/C31H32ClN3O4/c1-3-4-13-35-25(30(32)33-31(35)24-8-6-5-7-21(24)2)18-34(16-22-9-11-26-28(14-22)38-19-36-26)17-23-10-12-27-29(15-23)39-20-37-27/h5-12,14-15H,3-4,13,16-20H2,1-2H3. The lowest BCUT2D eigenvalue weighted by Crippen LogP contribution is -2.24. The molecule has 0 bridgehead atoms. The summed E-state index contributed by atoms with van der Waals surface area (Å²) in [6.45, 7) is 7.72. The Bertz CT molecular complexity index is 1430. The minimum Gasteiger partial charge on any atom is -0.454 e. The van der Waals surface area contributed by atoms with Crippen LogP contribution in [0.4, 0.5) is 0 Å². The Morgan fingerprint density at radius 2 is 1.44 bits per heavy atom. The first kappa shape index (κ1) is 25.6. The second-order valence-corrected chi connectivity index (χ2v) is 10.4. The van der Waals surface area contributed by atoms with Crippen molar-refractivity contribution in [2.75, 3.05) is 13.6 Å². The van der Waals surface area contributed by atoms with Crippen LogP contribution in [0.15, 0.2) is 60.7 Å². The Labute approximate surface area is 233 Å². The molecule has 0 fully saturated rings. The van der Waals surface area contributed by atoms with E-state index in [2.05, 4.69) is 71.8 Å². The number of hydrogen-bond acceptors (Lipinski definition) is 6. The fourth-order valence-electron chi connectivity index (χ4n) is 5.17. The Morgan fingerprint density at radius 3 is 2.05 bits per heavy atom. The lowest BCUT2D eigenvalue weighted by atomic mass is 10.1. The molecule has 0 spiro atoms. The molecule has 2 aliphatic heterocycles. The van der Waals surface area contributed by atoms with Gasteiger partial charge in [0.05, 0.1) is 5.69 Å².